The number of carbonyl (C=O) groups excluding carboxylic acids is 1. The molecule has 2 amide bonds. The van der Waals surface area contributed by atoms with E-state index in [-0.39, 0.29) is 24.4 Å². The van der Waals surface area contributed by atoms with E-state index in [9.17, 15) is 4.79 Å². The van der Waals surface area contributed by atoms with Gasteiger partial charge in [-0.1, -0.05) is 19.0 Å². The fourth-order valence-corrected chi connectivity index (χ4v) is 2.72. The predicted octanol–water partition coefficient (Wildman–Crippen LogP) is 2.01. The first kappa shape index (κ1) is 15.5. The lowest BCUT2D eigenvalue weighted by Crippen LogP contribution is -2.44. The largest absolute Gasteiger partial charge is 0.348 e. The van der Waals surface area contributed by atoms with Gasteiger partial charge in [0.1, 0.15) is 5.82 Å². The summed E-state index contributed by atoms with van der Waals surface area (Å²) in [7, 11) is 0. The Bertz CT molecular complexity index is 636. The molecule has 2 aromatic rings. The Labute approximate surface area is 134 Å². The number of amides is 2. The highest BCUT2D eigenvalue weighted by atomic mass is 16.5. The van der Waals surface area contributed by atoms with Crippen LogP contribution in [0.3, 0.4) is 0 Å². The highest BCUT2D eigenvalue weighted by Gasteiger charge is 2.26. The lowest BCUT2D eigenvalue weighted by atomic mass is 9.98. The van der Waals surface area contributed by atoms with E-state index in [1.165, 1.54) is 0 Å². The van der Waals surface area contributed by atoms with E-state index in [1.807, 2.05) is 24.9 Å². The number of aromatic amines is 1. The van der Waals surface area contributed by atoms with Crippen LogP contribution in [0.15, 0.2) is 16.9 Å². The molecule has 3 heterocycles. The fraction of sp³-hybridized carbons (Fsp3) is 0.600. The Morgan fingerprint density at radius 1 is 1.57 bits per heavy atom. The number of aromatic nitrogens is 4. The van der Waals surface area contributed by atoms with Crippen LogP contribution in [-0.4, -0.2) is 44.1 Å². The van der Waals surface area contributed by atoms with E-state index >= 15 is 0 Å². The van der Waals surface area contributed by atoms with Gasteiger partial charge < -0.3 is 19.7 Å². The molecule has 8 heteroatoms. The molecule has 1 unspecified atom stereocenters. The zero-order valence-corrected chi connectivity index (χ0v) is 13.5. The van der Waals surface area contributed by atoms with E-state index in [1.54, 1.807) is 6.20 Å². The topological polar surface area (TPSA) is 99.9 Å². The Morgan fingerprint density at radius 3 is 3.13 bits per heavy atom. The van der Waals surface area contributed by atoms with Crippen LogP contribution in [0.2, 0.25) is 0 Å². The number of nitrogens with zero attached hydrogens (tertiary/aromatic N) is 4. The van der Waals surface area contributed by atoms with Crippen LogP contribution in [0.4, 0.5) is 4.79 Å². The summed E-state index contributed by atoms with van der Waals surface area (Å²) in [6, 6.07) is -0.106. The number of hydrogen-bond acceptors (Lipinski definition) is 5. The summed E-state index contributed by atoms with van der Waals surface area (Å²) in [5, 5.41) is 6.74. The van der Waals surface area contributed by atoms with Gasteiger partial charge in [-0.3, -0.25) is 0 Å². The molecule has 124 valence electrons. The molecule has 8 nitrogen and oxygen atoms in total. The van der Waals surface area contributed by atoms with Crippen molar-refractivity contribution in [2.24, 2.45) is 0 Å². The van der Waals surface area contributed by atoms with Crippen molar-refractivity contribution in [3.63, 3.8) is 0 Å². The first-order valence-electron chi connectivity index (χ1n) is 7.98. The van der Waals surface area contributed by atoms with Gasteiger partial charge in [-0.15, -0.1) is 0 Å². The number of hydrogen-bond donors (Lipinski definition) is 2. The summed E-state index contributed by atoms with van der Waals surface area (Å²) in [4.78, 5) is 25.8. The number of H-pyrrole nitrogens is 1. The Hall–Kier alpha value is -2.38. The van der Waals surface area contributed by atoms with E-state index in [0.29, 0.717) is 18.3 Å². The molecule has 3 rings (SSSR count). The molecular weight excluding hydrogens is 296 g/mol. The van der Waals surface area contributed by atoms with Gasteiger partial charge >= 0.3 is 6.03 Å². The zero-order chi connectivity index (χ0) is 16.2. The van der Waals surface area contributed by atoms with Crippen molar-refractivity contribution in [3.8, 4) is 0 Å². The normalized spacial score (nSPS) is 18.4. The number of carbonyl (C=O) groups is 1. The molecule has 0 saturated carbocycles. The fourth-order valence-electron chi connectivity index (χ4n) is 2.72. The summed E-state index contributed by atoms with van der Waals surface area (Å²) in [5.74, 6) is 2.51. The second-order valence-electron chi connectivity index (χ2n) is 6.12. The maximum Gasteiger partial charge on any atom is 0.317 e. The van der Waals surface area contributed by atoms with Gasteiger partial charge in [-0.25, -0.2) is 9.78 Å². The first-order chi connectivity index (χ1) is 11.1. The summed E-state index contributed by atoms with van der Waals surface area (Å²) in [5.41, 5.74) is 0. The minimum atomic E-state index is -0.106. The average molecular weight is 318 g/mol. The molecule has 1 aliphatic rings. The van der Waals surface area contributed by atoms with Crippen LogP contribution in [-0.2, 0) is 6.54 Å². The van der Waals surface area contributed by atoms with E-state index < -0.39 is 0 Å². The van der Waals surface area contributed by atoms with Gasteiger partial charge in [0.2, 0.25) is 5.89 Å². The Kier molecular flexibility index (Phi) is 4.59. The lowest BCUT2D eigenvalue weighted by molar-refractivity contribution is 0.176. The number of imidazole rings is 1. The van der Waals surface area contributed by atoms with Crippen molar-refractivity contribution in [2.45, 2.75) is 45.1 Å². The van der Waals surface area contributed by atoms with Crippen molar-refractivity contribution < 1.29 is 9.32 Å². The first-order valence-corrected chi connectivity index (χ1v) is 7.98. The molecule has 1 aliphatic heterocycles. The maximum atomic E-state index is 12.3. The van der Waals surface area contributed by atoms with Crippen molar-refractivity contribution in [2.75, 3.05) is 13.1 Å². The van der Waals surface area contributed by atoms with E-state index in [4.69, 9.17) is 4.52 Å². The van der Waals surface area contributed by atoms with Crippen molar-refractivity contribution in [1.29, 1.82) is 0 Å². The molecule has 0 bridgehead atoms. The lowest BCUT2D eigenvalue weighted by Gasteiger charge is -2.31. The zero-order valence-electron chi connectivity index (χ0n) is 13.5. The van der Waals surface area contributed by atoms with Crippen LogP contribution in [0.5, 0.6) is 0 Å². The molecular formula is C15H22N6O2. The monoisotopic (exact) mass is 318 g/mol. The second kappa shape index (κ2) is 6.80. The van der Waals surface area contributed by atoms with Crippen LogP contribution in [0.25, 0.3) is 0 Å². The number of rotatable bonds is 4. The van der Waals surface area contributed by atoms with Crippen molar-refractivity contribution in [3.05, 3.63) is 29.9 Å². The molecule has 0 radical (unpaired) electrons. The molecule has 2 aromatic heterocycles. The van der Waals surface area contributed by atoms with Crippen molar-refractivity contribution in [1.82, 2.24) is 30.3 Å². The quantitative estimate of drug-likeness (QED) is 0.898. The standard InChI is InChI=1S/C15H22N6O2/c1-10(2)13-19-12(23-20-13)8-18-15(22)21-7-3-4-11(9-21)14-16-5-6-17-14/h5-6,10-11H,3-4,7-9H2,1-2H3,(H,16,17)(H,18,22). The minimum Gasteiger partial charge on any atom is -0.348 e. The van der Waals surface area contributed by atoms with E-state index in [0.717, 1.165) is 25.2 Å². The van der Waals surface area contributed by atoms with Crippen LogP contribution >= 0.6 is 0 Å². The van der Waals surface area contributed by atoms with Gasteiger partial charge in [0.25, 0.3) is 0 Å². The highest BCUT2D eigenvalue weighted by molar-refractivity contribution is 5.74. The third kappa shape index (κ3) is 3.69. The highest BCUT2D eigenvalue weighted by Crippen LogP contribution is 2.24. The molecule has 0 spiro atoms. The molecule has 1 saturated heterocycles. The Balaban J connectivity index is 1.53. The minimum absolute atomic E-state index is 0.106. The number of urea groups is 1. The van der Waals surface area contributed by atoms with E-state index in [2.05, 4.69) is 25.4 Å². The molecule has 0 aliphatic carbocycles. The Morgan fingerprint density at radius 2 is 2.43 bits per heavy atom. The van der Waals surface area contributed by atoms with Crippen molar-refractivity contribution >= 4 is 6.03 Å². The second-order valence-corrected chi connectivity index (χ2v) is 6.12. The van der Waals surface area contributed by atoms with Gasteiger partial charge in [-0.05, 0) is 12.8 Å². The smallest absolute Gasteiger partial charge is 0.317 e. The number of nitrogens with one attached hydrogen (secondary N) is 2. The predicted molar refractivity (Wildman–Crippen MR) is 82.8 cm³/mol. The third-order valence-electron chi connectivity index (χ3n) is 4.01. The van der Waals surface area contributed by atoms with Gasteiger partial charge in [-0.2, -0.15) is 4.98 Å². The van der Waals surface area contributed by atoms with Gasteiger partial charge in [0, 0.05) is 37.3 Å². The summed E-state index contributed by atoms with van der Waals surface area (Å²) < 4.78 is 5.13. The molecule has 1 atom stereocenters. The van der Waals surface area contributed by atoms with Crippen LogP contribution in [0, 0.1) is 0 Å². The SMILES string of the molecule is CC(C)c1noc(CNC(=O)N2CCCC(c3ncc[nH]3)C2)n1. The summed E-state index contributed by atoms with van der Waals surface area (Å²) in [6.07, 6.45) is 5.57. The van der Waals surface area contributed by atoms with Crippen LogP contribution < -0.4 is 5.32 Å². The molecule has 1 fully saturated rings. The summed E-state index contributed by atoms with van der Waals surface area (Å²) >= 11 is 0. The molecule has 2 N–H and O–H groups in total. The van der Waals surface area contributed by atoms with Gasteiger partial charge in [0.15, 0.2) is 5.82 Å². The molecule has 0 aromatic carbocycles. The average Bonchev–Trinajstić information content (AvgIpc) is 3.24. The summed E-state index contributed by atoms with van der Waals surface area (Å²) in [6.45, 7) is 5.66. The number of likely N-dealkylation sites (tertiary alicyclic amines) is 1. The van der Waals surface area contributed by atoms with Crippen LogP contribution in [0.1, 0.15) is 56.1 Å². The third-order valence-corrected chi connectivity index (χ3v) is 4.01. The maximum absolute atomic E-state index is 12.3. The number of piperidine rings is 1. The van der Waals surface area contributed by atoms with Gasteiger partial charge in [0.05, 0.1) is 6.54 Å². The molecule has 23 heavy (non-hydrogen) atoms.